The number of fused-ring (bicyclic) bond motifs is 1. The molecule has 0 aliphatic rings. The van der Waals surface area contributed by atoms with Gasteiger partial charge in [-0.05, 0) is 38.5 Å². The van der Waals surface area contributed by atoms with E-state index in [2.05, 4.69) is 10.4 Å². The highest BCUT2D eigenvalue weighted by Crippen LogP contribution is 2.22. The van der Waals surface area contributed by atoms with Crippen molar-refractivity contribution in [1.29, 1.82) is 0 Å². The molecule has 5 nitrogen and oxygen atoms in total. The molecule has 0 aliphatic carbocycles. The summed E-state index contributed by atoms with van der Waals surface area (Å²) in [6.07, 6.45) is 2.55. The number of benzene rings is 1. The molecule has 0 spiro atoms. The van der Waals surface area contributed by atoms with Gasteiger partial charge in [0.15, 0.2) is 0 Å². The van der Waals surface area contributed by atoms with Gasteiger partial charge in [-0.2, -0.15) is 5.10 Å². The van der Waals surface area contributed by atoms with Crippen LogP contribution in [-0.4, -0.2) is 22.2 Å². The molecule has 1 amide bonds. The van der Waals surface area contributed by atoms with Gasteiger partial charge in [0.05, 0.1) is 22.3 Å². The number of nitrogens with zero attached hydrogens (tertiary/aromatic N) is 2. The highest BCUT2D eigenvalue weighted by Gasteiger charge is 2.12. The summed E-state index contributed by atoms with van der Waals surface area (Å²) >= 11 is 6.14. The van der Waals surface area contributed by atoms with E-state index in [4.69, 9.17) is 16.0 Å². The molecular weight excluding hydrogens is 314 g/mol. The van der Waals surface area contributed by atoms with Crippen LogP contribution in [0.1, 0.15) is 28.3 Å². The van der Waals surface area contributed by atoms with E-state index >= 15 is 0 Å². The minimum Gasteiger partial charge on any atom is -0.466 e. The van der Waals surface area contributed by atoms with Crippen molar-refractivity contribution in [3.05, 3.63) is 52.6 Å². The maximum atomic E-state index is 12.1. The summed E-state index contributed by atoms with van der Waals surface area (Å²) in [4.78, 5) is 12.1. The van der Waals surface area contributed by atoms with E-state index in [9.17, 15) is 4.79 Å². The predicted octanol–water partition coefficient (Wildman–Crippen LogP) is 3.72. The van der Waals surface area contributed by atoms with Gasteiger partial charge in [-0.15, -0.1) is 0 Å². The number of amides is 1. The number of halogens is 1. The van der Waals surface area contributed by atoms with Crippen LogP contribution >= 0.6 is 11.6 Å². The Labute approximate surface area is 139 Å². The minimum absolute atomic E-state index is 0.104. The normalized spacial score (nSPS) is 11.1. The fraction of sp³-hybridized carbons (Fsp3) is 0.294. The van der Waals surface area contributed by atoms with Crippen LogP contribution < -0.4 is 5.32 Å². The van der Waals surface area contributed by atoms with Crippen molar-refractivity contribution < 1.29 is 9.21 Å². The Morgan fingerprint density at radius 1 is 1.39 bits per heavy atom. The first-order valence-electron chi connectivity index (χ1n) is 7.51. The van der Waals surface area contributed by atoms with Gasteiger partial charge in [-0.1, -0.05) is 17.7 Å². The Morgan fingerprint density at radius 3 is 2.96 bits per heavy atom. The largest absolute Gasteiger partial charge is 0.466 e. The van der Waals surface area contributed by atoms with Gasteiger partial charge in [0.2, 0.25) is 0 Å². The van der Waals surface area contributed by atoms with Crippen LogP contribution in [0.15, 0.2) is 34.9 Å². The van der Waals surface area contributed by atoms with Crippen molar-refractivity contribution in [3.8, 4) is 0 Å². The highest BCUT2D eigenvalue weighted by atomic mass is 35.5. The second-order valence-corrected chi connectivity index (χ2v) is 5.88. The summed E-state index contributed by atoms with van der Waals surface area (Å²) in [6.45, 7) is 4.91. The number of carbonyl (C=O) groups is 1. The monoisotopic (exact) mass is 331 g/mol. The Bertz CT molecular complexity index is 851. The lowest BCUT2D eigenvalue weighted by molar-refractivity contribution is 0.0951. The fourth-order valence-electron chi connectivity index (χ4n) is 2.63. The molecule has 0 saturated heterocycles. The van der Waals surface area contributed by atoms with Crippen molar-refractivity contribution in [1.82, 2.24) is 15.1 Å². The number of aryl methyl sites for hydroxylation is 3. The number of rotatable bonds is 5. The molecule has 3 aromatic rings. The van der Waals surface area contributed by atoms with E-state index in [0.717, 1.165) is 23.1 Å². The third-order valence-corrected chi connectivity index (χ3v) is 4.08. The Morgan fingerprint density at radius 2 is 2.22 bits per heavy atom. The summed E-state index contributed by atoms with van der Waals surface area (Å²) in [7, 11) is 0. The molecule has 23 heavy (non-hydrogen) atoms. The van der Waals surface area contributed by atoms with Crippen LogP contribution in [0.25, 0.3) is 10.9 Å². The molecule has 6 heteroatoms. The molecule has 0 radical (unpaired) electrons. The molecule has 0 saturated carbocycles. The lowest BCUT2D eigenvalue weighted by Gasteiger charge is -2.06. The van der Waals surface area contributed by atoms with Crippen LogP contribution in [0.5, 0.6) is 0 Å². The number of carbonyl (C=O) groups excluding carboxylic acids is 1. The summed E-state index contributed by atoms with van der Waals surface area (Å²) in [5.74, 6) is 1.29. The van der Waals surface area contributed by atoms with E-state index in [1.165, 1.54) is 0 Å². The van der Waals surface area contributed by atoms with Crippen LogP contribution in [0, 0.1) is 13.8 Å². The van der Waals surface area contributed by atoms with Crippen LogP contribution in [0.3, 0.4) is 0 Å². The topological polar surface area (TPSA) is 60.1 Å². The van der Waals surface area contributed by atoms with Crippen molar-refractivity contribution in [2.24, 2.45) is 0 Å². The third kappa shape index (κ3) is 3.24. The number of aromatic nitrogens is 2. The van der Waals surface area contributed by atoms with Crippen LogP contribution in [0.2, 0.25) is 5.02 Å². The minimum atomic E-state index is -0.104. The Kier molecular flexibility index (Phi) is 4.39. The van der Waals surface area contributed by atoms with E-state index < -0.39 is 0 Å². The third-order valence-electron chi connectivity index (χ3n) is 3.75. The van der Waals surface area contributed by atoms with Crippen molar-refractivity contribution in [2.75, 3.05) is 6.54 Å². The molecule has 1 aromatic carbocycles. The van der Waals surface area contributed by atoms with E-state index in [1.807, 2.05) is 29.8 Å². The summed E-state index contributed by atoms with van der Waals surface area (Å²) in [5.41, 5.74) is 1.60. The molecule has 0 fully saturated rings. The molecule has 2 heterocycles. The molecule has 0 atom stereocenters. The first-order valence-corrected chi connectivity index (χ1v) is 7.89. The molecule has 0 aliphatic heterocycles. The van der Waals surface area contributed by atoms with Gasteiger partial charge in [0, 0.05) is 18.5 Å². The molecular formula is C17H18ClN3O2. The quantitative estimate of drug-likeness (QED) is 0.725. The van der Waals surface area contributed by atoms with Gasteiger partial charge in [0.25, 0.3) is 5.91 Å². The van der Waals surface area contributed by atoms with Crippen LogP contribution in [-0.2, 0) is 6.54 Å². The van der Waals surface area contributed by atoms with E-state index in [1.54, 1.807) is 19.2 Å². The van der Waals surface area contributed by atoms with Gasteiger partial charge in [-0.3, -0.25) is 9.48 Å². The van der Waals surface area contributed by atoms with Gasteiger partial charge in [0.1, 0.15) is 11.5 Å². The summed E-state index contributed by atoms with van der Waals surface area (Å²) < 4.78 is 7.28. The van der Waals surface area contributed by atoms with Crippen molar-refractivity contribution >= 4 is 28.4 Å². The van der Waals surface area contributed by atoms with Gasteiger partial charge < -0.3 is 9.73 Å². The standard InChI is InChI=1S/C17H18ClN3O2/c1-11-9-13(12(2)23-11)17(22)19-7-4-8-21-16-6-3-5-15(18)14(16)10-20-21/h3,5-6,9-10H,4,7-8H2,1-2H3,(H,19,22). The SMILES string of the molecule is Cc1cc(C(=O)NCCCn2ncc3c(Cl)cccc32)c(C)o1. The summed E-state index contributed by atoms with van der Waals surface area (Å²) in [6, 6.07) is 7.51. The molecule has 1 N–H and O–H groups in total. The smallest absolute Gasteiger partial charge is 0.254 e. The number of hydrogen-bond acceptors (Lipinski definition) is 3. The summed E-state index contributed by atoms with van der Waals surface area (Å²) in [5, 5.41) is 8.91. The lowest BCUT2D eigenvalue weighted by Crippen LogP contribution is -2.25. The van der Waals surface area contributed by atoms with E-state index in [-0.39, 0.29) is 5.91 Å². The highest BCUT2D eigenvalue weighted by molar-refractivity contribution is 6.35. The first-order chi connectivity index (χ1) is 11.1. The maximum absolute atomic E-state index is 12.1. The fourth-order valence-corrected chi connectivity index (χ4v) is 2.85. The lowest BCUT2D eigenvalue weighted by atomic mass is 10.2. The molecule has 0 bridgehead atoms. The molecule has 2 aromatic heterocycles. The first kappa shape index (κ1) is 15.6. The second-order valence-electron chi connectivity index (χ2n) is 5.48. The Balaban J connectivity index is 1.56. The van der Waals surface area contributed by atoms with E-state index in [0.29, 0.717) is 29.4 Å². The molecule has 0 unspecified atom stereocenters. The van der Waals surface area contributed by atoms with Crippen LogP contribution in [0.4, 0.5) is 0 Å². The molecule has 120 valence electrons. The van der Waals surface area contributed by atoms with Gasteiger partial charge in [-0.25, -0.2) is 0 Å². The maximum Gasteiger partial charge on any atom is 0.254 e. The Hall–Kier alpha value is -2.27. The average molecular weight is 332 g/mol. The number of nitrogens with one attached hydrogen (secondary N) is 1. The van der Waals surface area contributed by atoms with Crippen molar-refractivity contribution in [2.45, 2.75) is 26.8 Å². The second kappa shape index (κ2) is 6.46. The van der Waals surface area contributed by atoms with Crippen molar-refractivity contribution in [3.63, 3.8) is 0 Å². The average Bonchev–Trinajstić information content (AvgIpc) is 3.08. The molecule has 3 rings (SSSR count). The predicted molar refractivity (Wildman–Crippen MR) is 89.9 cm³/mol. The zero-order valence-electron chi connectivity index (χ0n) is 13.1. The zero-order valence-corrected chi connectivity index (χ0v) is 13.9. The van der Waals surface area contributed by atoms with Gasteiger partial charge >= 0.3 is 0 Å². The number of furan rings is 1. The number of hydrogen-bond donors (Lipinski definition) is 1. The zero-order chi connectivity index (χ0) is 16.4.